The van der Waals surface area contributed by atoms with Crippen LogP contribution in [0.3, 0.4) is 0 Å². The molecule has 1 N–H and O–H groups in total. The molecular formula is C15H17N3O2. The fourth-order valence-electron chi connectivity index (χ4n) is 2.85. The molecule has 0 amide bonds. The molecule has 1 saturated heterocycles. The van der Waals surface area contributed by atoms with Gasteiger partial charge in [-0.2, -0.15) is 0 Å². The van der Waals surface area contributed by atoms with Crippen LogP contribution in [0.5, 0.6) is 0 Å². The molecule has 104 valence electrons. The lowest BCUT2D eigenvalue weighted by molar-refractivity contribution is 0.0681. The maximum Gasteiger partial charge on any atom is 0.352 e. The number of carboxylic acid groups (broad SMARTS) is 1. The monoisotopic (exact) mass is 271 g/mol. The Morgan fingerprint density at radius 3 is 2.55 bits per heavy atom. The highest BCUT2D eigenvalue weighted by Crippen LogP contribution is 2.27. The Morgan fingerprint density at radius 1 is 1.20 bits per heavy atom. The molecule has 1 aliphatic rings. The van der Waals surface area contributed by atoms with E-state index in [0.717, 1.165) is 25.9 Å². The average molecular weight is 271 g/mol. The van der Waals surface area contributed by atoms with E-state index >= 15 is 0 Å². The number of hydrogen-bond donors (Lipinski definition) is 1. The van der Waals surface area contributed by atoms with E-state index in [0.29, 0.717) is 5.69 Å². The first-order valence-corrected chi connectivity index (χ1v) is 6.81. The van der Waals surface area contributed by atoms with Crippen LogP contribution in [-0.2, 0) is 0 Å². The normalized spacial score (nSPS) is 16.3. The van der Waals surface area contributed by atoms with Crippen LogP contribution < -0.4 is 4.90 Å². The molecule has 0 aromatic carbocycles. The smallest absolute Gasteiger partial charge is 0.352 e. The summed E-state index contributed by atoms with van der Waals surface area (Å²) in [6.07, 6.45) is 7.39. The molecule has 0 radical (unpaired) electrons. The summed E-state index contributed by atoms with van der Waals surface area (Å²) in [6.45, 7) is 1.87. The van der Waals surface area contributed by atoms with Crippen LogP contribution >= 0.6 is 0 Å². The van der Waals surface area contributed by atoms with Gasteiger partial charge in [-0.25, -0.2) is 4.79 Å². The van der Waals surface area contributed by atoms with Crippen molar-refractivity contribution in [1.29, 1.82) is 0 Å². The molecule has 0 spiro atoms. The second kappa shape index (κ2) is 5.36. The third kappa shape index (κ3) is 2.39. The summed E-state index contributed by atoms with van der Waals surface area (Å²) in [4.78, 5) is 17.5. The van der Waals surface area contributed by atoms with Crippen molar-refractivity contribution in [2.75, 3.05) is 18.0 Å². The topological polar surface area (TPSA) is 58.4 Å². The van der Waals surface area contributed by atoms with E-state index in [4.69, 9.17) is 0 Å². The van der Waals surface area contributed by atoms with Gasteiger partial charge in [0.25, 0.3) is 0 Å². The first-order valence-electron chi connectivity index (χ1n) is 6.81. The van der Waals surface area contributed by atoms with Gasteiger partial charge < -0.3 is 14.6 Å². The Kier molecular flexibility index (Phi) is 3.41. The Bertz CT molecular complexity index is 586. The van der Waals surface area contributed by atoms with Gasteiger partial charge in [-0.1, -0.05) is 0 Å². The number of rotatable bonds is 3. The van der Waals surface area contributed by atoms with Crippen LogP contribution in [0.15, 0.2) is 42.9 Å². The quantitative estimate of drug-likeness (QED) is 0.931. The average Bonchev–Trinajstić information content (AvgIpc) is 2.98. The number of pyridine rings is 1. The fourth-order valence-corrected chi connectivity index (χ4v) is 2.85. The Labute approximate surface area is 117 Å². The van der Waals surface area contributed by atoms with Crippen molar-refractivity contribution in [1.82, 2.24) is 9.55 Å². The molecule has 3 heterocycles. The van der Waals surface area contributed by atoms with Crippen molar-refractivity contribution in [3.8, 4) is 0 Å². The van der Waals surface area contributed by atoms with Crippen molar-refractivity contribution in [2.45, 2.75) is 18.9 Å². The molecule has 5 heteroatoms. The number of nitrogens with zero attached hydrogens (tertiary/aromatic N) is 3. The summed E-state index contributed by atoms with van der Waals surface area (Å²) in [5.41, 5.74) is 1.57. The minimum Gasteiger partial charge on any atom is -0.477 e. The zero-order valence-electron chi connectivity index (χ0n) is 11.1. The first kappa shape index (κ1) is 12.7. The van der Waals surface area contributed by atoms with E-state index in [1.807, 2.05) is 22.9 Å². The molecule has 3 rings (SSSR count). The van der Waals surface area contributed by atoms with E-state index in [9.17, 15) is 9.90 Å². The van der Waals surface area contributed by atoms with E-state index in [-0.39, 0.29) is 6.04 Å². The van der Waals surface area contributed by atoms with Crippen LogP contribution in [-0.4, -0.2) is 33.7 Å². The van der Waals surface area contributed by atoms with Gasteiger partial charge in [0.2, 0.25) is 0 Å². The van der Waals surface area contributed by atoms with Gasteiger partial charge in [0.05, 0.1) is 0 Å². The number of carboxylic acids is 1. The SMILES string of the molecule is O=C(O)c1cccn1C1CCN(c2ccncc2)CC1. The molecule has 0 atom stereocenters. The highest BCUT2D eigenvalue weighted by atomic mass is 16.4. The van der Waals surface area contributed by atoms with E-state index < -0.39 is 5.97 Å². The summed E-state index contributed by atoms with van der Waals surface area (Å²) < 4.78 is 1.90. The largest absolute Gasteiger partial charge is 0.477 e. The summed E-state index contributed by atoms with van der Waals surface area (Å²) in [7, 11) is 0. The lowest BCUT2D eigenvalue weighted by Crippen LogP contribution is -2.35. The van der Waals surface area contributed by atoms with Gasteiger partial charge in [-0.3, -0.25) is 4.98 Å². The minimum absolute atomic E-state index is 0.272. The molecule has 1 aliphatic heterocycles. The first-order chi connectivity index (χ1) is 9.75. The highest BCUT2D eigenvalue weighted by Gasteiger charge is 2.23. The maximum atomic E-state index is 11.2. The van der Waals surface area contributed by atoms with Crippen LogP contribution in [0.1, 0.15) is 29.4 Å². The van der Waals surface area contributed by atoms with E-state index in [1.165, 1.54) is 5.69 Å². The lowest BCUT2D eigenvalue weighted by Gasteiger charge is -2.34. The summed E-state index contributed by atoms with van der Waals surface area (Å²) in [5.74, 6) is -0.855. The number of carbonyl (C=O) groups is 1. The van der Waals surface area contributed by atoms with Gasteiger partial charge in [-0.05, 0) is 37.1 Å². The molecule has 0 aliphatic carbocycles. The number of anilines is 1. The standard InChI is InChI=1S/C15H17N3O2/c19-15(20)14-2-1-9-18(14)13-5-10-17(11-6-13)12-3-7-16-8-4-12/h1-4,7-9,13H,5-6,10-11H2,(H,19,20). The fraction of sp³-hybridized carbons (Fsp3) is 0.333. The lowest BCUT2D eigenvalue weighted by atomic mass is 10.0. The van der Waals surface area contributed by atoms with Crippen molar-refractivity contribution in [3.05, 3.63) is 48.5 Å². The van der Waals surface area contributed by atoms with Crippen molar-refractivity contribution in [2.24, 2.45) is 0 Å². The molecule has 20 heavy (non-hydrogen) atoms. The Hall–Kier alpha value is -2.30. The van der Waals surface area contributed by atoms with Gasteiger partial charge in [0.15, 0.2) is 0 Å². The van der Waals surface area contributed by atoms with Crippen LogP contribution in [0, 0.1) is 0 Å². The maximum absolute atomic E-state index is 11.2. The molecule has 1 fully saturated rings. The summed E-state index contributed by atoms with van der Waals surface area (Å²) in [5, 5.41) is 9.18. The van der Waals surface area contributed by atoms with Gasteiger partial charge in [0.1, 0.15) is 5.69 Å². The third-order valence-corrected chi connectivity index (χ3v) is 3.88. The molecule has 5 nitrogen and oxygen atoms in total. The molecule has 2 aromatic heterocycles. The summed E-state index contributed by atoms with van der Waals surface area (Å²) >= 11 is 0. The van der Waals surface area contributed by atoms with Crippen molar-refractivity contribution >= 4 is 11.7 Å². The third-order valence-electron chi connectivity index (χ3n) is 3.88. The number of aromatic nitrogens is 2. The zero-order chi connectivity index (χ0) is 13.9. The molecule has 0 saturated carbocycles. The van der Waals surface area contributed by atoms with Crippen molar-refractivity contribution in [3.63, 3.8) is 0 Å². The number of piperidine rings is 1. The van der Waals surface area contributed by atoms with Crippen LogP contribution in [0.2, 0.25) is 0 Å². The minimum atomic E-state index is -0.855. The van der Waals surface area contributed by atoms with Gasteiger partial charge >= 0.3 is 5.97 Å². The molecule has 2 aromatic rings. The van der Waals surface area contributed by atoms with E-state index in [1.54, 1.807) is 24.5 Å². The summed E-state index contributed by atoms with van der Waals surface area (Å²) in [6, 6.07) is 7.77. The molecule has 0 unspecified atom stereocenters. The number of aromatic carboxylic acids is 1. The molecule has 0 bridgehead atoms. The Balaban J connectivity index is 1.70. The second-order valence-electron chi connectivity index (χ2n) is 5.03. The van der Waals surface area contributed by atoms with Crippen LogP contribution in [0.4, 0.5) is 5.69 Å². The second-order valence-corrected chi connectivity index (χ2v) is 5.03. The van der Waals surface area contributed by atoms with Gasteiger partial charge in [-0.15, -0.1) is 0 Å². The van der Waals surface area contributed by atoms with Gasteiger partial charge in [0, 0.05) is 43.4 Å². The van der Waals surface area contributed by atoms with Crippen molar-refractivity contribution < 1.29 is 9.90 Å². The molecular weight excluding hydrogens is 254 g/mol. The highest BCUT2D eigenvalue weighted by molar-refractivity contribution is 5.85. The zero-order valence-corrected chi connectivity index (χ0v) is 11.1. The Morgan fingerprint density at radius 2 is 1.90 bits per heavy atom. The number of hydrogen-bond acceptors (Lipinski definition) is 3. The van der Waals surface area contributed by atoms with Crippen LogP contribution in [0.25, 0.3) is 0 Å². The predicted octanol–water partition coefficient (Wildman–Crippen LogP) is 2.42. The van der Waals surface area contributed by atoms with E-state index in [2.05, 4.69) is 9.88 Å². The predicted molar refractivity (Wildman–Crippen MR) is 76.1 cm³/mol.